The lowest BCUT2D eigenvalue weighted by molar-refractivity contribution is 0.102. The van der Waals surface area contributed by atoms with Gasteiger partial charge in [0.1, 0.15) is 0 Å². The molecule has 1 aromatic carbocycles. The van der Waals surface area contributed by atoms with E-state index in [1.807, 2.05) is 12.3 Å². The molecule has 0 aromatic heterocycles. The Hall–Kier alpha value is -1.16. The van der Waals surface area contributed by atoms with E-state index in [-0.39, 0.29) is 5.78 Å². The first kappa shape index (κ1) is 11.3. The van der Waals surface area contributed by atoms with Gasteiger partial charge < -0.3 is 9.47 Å². The van der Waals surface area contributed by atoms with Gasteiger partial charge in [0.25, 0.3) is 0 Å². The highest BCUT2D eigenvalue weighted by molar-refractivity contribution is 7.99. The normalized spacial score (nSPS) is 14.3. The second-order valence-electron chi connectivity index (χ2n) is 3.57. The van der Waals surface area contributed by atoms with Crippen LogP contribution in [0.15, 0.2) is 18.2 Å². The molecule has 0 unspecified atom stereocenters. The van der Waals surface area contributed by atoms with Crippen LogP contribution in [-0.2, 0) is 0 Å². The highest BCUT2D eigenvalue weighted by Gasteiger charge is 2.13. The summed E-state index contributed by atoms with van der Waals surface area (Å²) in [5.41, 5.74) is 0.693. The fourth-order valence-electron chi connectivity index (χ4n) is 1.55. The Morgan fingerprint density at radius 1 is 1.31 bits per heavy atom. The summed E-state index contributed by atoms with van der Waals surface area (Å²) in [6, 6.07) is 5.39. The van der Waals surface area contributed by atoms with Gasteiger partial charge >= 0.3 is 0 Å². The molecule has 1 aliphatic heterocycles. The number of hydrogen-bond acceptors (Lipinski definition) is 4. The van der Waals surface area contributed by atoms with E-state index < -0.39 is 0 Å². The van der Waals surface area contributed by atoms with Gasteiger partial charge in [0, 0.05) is 12.0 Å². The molecule has 0 saturated heterocycles. The van der Waals surface area contributed by atoms with Crippen molar-refractivity contribution in [2.75, 3.05) is 25.2 Å². The van der Waals surface area contributed by atoms with Gasteiger partial charge in [-0.15, -0.1) is 0 Å². The lowest BCUT2D eigenvalue weighted by Crippen LogP contribution is -2.03. The van der Waals surface area contributed by atoms with Crippen molar-refractivity contribution < 1.29 is 14.3 Å². The van der Waals surface area contributed by atoms with Crippen LogP contribution in [0.3, 0.4) is 0 Å². The predicted molar refractivity (Wildman–Crippen MR) is 64.8 cm³/mol. The van der Waals surface area contributed by atoms with Gasteiger partial charge in [0.15, 0.2) is 17.3 Å². The average Bonchev–Trinajstić information content (AvgIpc) is 2.53. The first-order chi connectivity index (χ1) is 7.81. The number of carbonyl (C=O) groups excluding carboxylic acids is 1. The molecule has 0 N–H and O–H groups in total. The van der Waals surface area contributed by atoms with Gasteiger partial charge in [-0.3, -0.25) is 4.79 Å². The SMILES string of the molecule is CSCC(=O)c1ccc2c(c1)OCCCO2. The molecule has 1 aliphatic rings. The Labute approximate surface area is 99.1 Å². The lowest BCUT2D eigenvalue weighted by atomic mass is 10.1. The summed E-state index contributed by atoms with van der Waals surface area (Å²) < 4.78 is 11.0. The standard InChI is InChI=1S/C12H14O3S/c1-16-8-10(13)9-3-4-11-12(7-9)15-6-2-5-14-11/h3-4,7H,2,5-6,8H2,1H3. The van der Waals surface area contributed by atoms with E-state index in [0.717, 1.165) is 12.2 Å². The molecule has 2 rings (SSSR count). The third-order valence-electron chi connectivity index (χ3n) is 2.34. The number of Topliss-reactive ketones (excluding diaryl/α,β-unsaturated/α-hetero) is 1. The molecule has 3 nitrogen and oxygen atoms in total. The first-order valence-corrected chi connectivity index (χ1v) is 6.62. The number of carbonyl (C=O) groups is 1. The maximum Gasteiger partial charge on any atom is 0.172 e. The topological polar surface area (TPSA) is 35.5 Å². The molecule has 86 valence electrons. The zero-order valence-corrected chi connectivity index (χ0v) is 10.0. The number of ketones is 1. The number of fused-ring (bicyclic) bond motifs is 1. The van der Waals surface area contributed by atoms with E-state index in [0.29, 0.717) is 30.3 Å². The molecule has 0 amide bonds. The number of hydrogen-bond donors (Lipinski definition) is 0. The van der Waals surface area contributed by atoms with Gasteiger partial charge in [-0.05, 0) is 24.5 Å². The summed E-state index contributed by atoms with van der Waals surface area (Å²) in [6.07, 6.45) is 2.80. The molecule has 0 bridgehead atoms. The number of thioether (sulfide) groups is 1. The van der Waals surface area contributed by atoms with Crippen LogP contribution in [0.25, 0.3) is 0 Å². The molecule has 0 fully saturated rings. The second-order valence-corrected chi connectivity index (χ2v) is 4.43. The highest BCUT2D eigenvalue weighted by Crippen LogP contribution is 2.30. The van der Waals surface area contributed by atoms with E-state index >= 15 is 0 Å². The zero-order chi connectivity index (χ0) is 11.4. The summed E-state index contributed by atoms with van der Waals surface area (Å²) in [5.74, 6) is 2.05. The molecule has 0 aliphatic carbocycles. The van der Waals surface area contributed by atoms with Crippen molar-refractivity contribution in [3.05, 3.63) is 23.8 Å². The summed E-state index contributed by atoms with van der Waals surface area (Å²) >= 11 is 1.52. The Balaban J connectivity index is 2.23. The van der Waals surface area contributed by atoms with Crippen molar-refractivity contribution in [3.8, 4) is 11.5 Å². The van der Waals surface area contributed by atoms with Crippen molar-refractivity contribution in [2.45, 2.75) is 6.42 Å². The molecule has 0 radical (unpaired) electrons. The molecule has 1 heterocycles. The van der Waals surface area contributed by atoms with E-state index in [1.54, 1.807) is 12.1 Å². The third kappa shape index (κ3) is 2.50. The Bertz CT molecular complexity index is 390. The van der Waals surface area contributed by atoms with E-state index in [2.05, 4.69) is 0 Å². The quantitative estimate of drug-likeness (QED) is 0.757. The maximum absolute atomic E-state index is 11.7. The van der Waals surface area contributed by atoms with Crippen molar-refractivity contribution in [1.82, 2.24) is 0 Å². The molecule has 0 saturated carbocycles. The zero-order valence-electron chi connectivity index (χ0n) is 9.19. The van der Waals surface area contributed by atoms with Crippen molar-refractivity contribution in [3.63, 3.8) is 0 Å². The van der Waals surface area contributed by atoms with E-state index in [1.165, 1.54) is 11.8 Å². The van der Waals surface area contributed by atoms with Crippen LogP contribution in [0.1, 0.15) is 16.8 Å². The van der Waals surface area contributed by atoms with Gasteiger partial charge in [-0.25, -0.2) is 0 Å². The largest absolute Gasteiger partial charge is 0.490 e. The van der Waals surface area contributed by atoms with Crippen LogP contribution in [-0.4, -0.2) is 31.0 Å². The van der Waals surface area contributed by atoms with Crippen LogP contribution < -0.4 is 9.47 Å². The number of ether oxygens (including phenoxy) is 2. The van der Waals surface area contributed by atoms with E-state index in [9.17, 15) is 4.79 Å². The number of benzene rings is 1. The smallest absolute Gasteiger partial charge is 0.172 e. The Morgan fingerprint density at radius 2 is 2.06 bits per heavy atom. The molecular weight excluding hydrogens is 224 g/mol. The first-order valence-electron chi connectivity index (χ1n) is 5.23. The molecule has 1 aromatic rings. The van der Waals surface area contributed by atoms with Crippen LogP contribution in [0.2, 0.25) is 0 Å². The molecule has 16 heavy (non-hydrogen) atoms. The summed E-state index contributed by atoms with van der Waals surface area (Å²) in [5, 5.41) is 0. The molecule has 4 heteroatoms. The molecule has 0 spiro atoms. The van der Waals surface area contributed by atoms with Crippen molar-refractivity contribution in [2.24, 2.45) is 0 Å². The Morgan fingerprint density at radius 3 is 2.81 bits per heavy atom. The van der Waals surface area contributed by atoms with Gasteiger partial charge in [-0.1, -0.05) is 0 Å². The van der Waals surface area contributed by atoms with Crippen LogP contribution in [0, 0.1) is 0 Å². The van der Waals surface area contributed by atoms with Crippen molar-refractivity contribution >= 4 is 17.5 Å². The van der Waals surface area contributed by atoms with Gasteiger partial charge in [0.2, 0.25) is 0 Å². The van der Waals surface area contributed by atoms with Crippen LogP contribution in [0.5, 0.6) is 11.5 Å². The fourth-order valence-corrected chi connectivity index (χ4v) is 1.98. The van der Waals surface area contributed by atoms with E-state index in [4.69, 9.17) is 9.47 Å². The van der Waals surface area contributed by atoms with Crippen molar-refractivity contribution in [1.29, 1.82) is 0 Å². The minimum absolute atomic E-state index is 0.128. The second kappa shape index (κ2) is 5.25. The number of rotatable bonds is 3. The summed E-state index contributed by atoms with van der Waals surface area (Å²) in [4.78, 5) is 11.7. The Kier molecular flexibility index (Phi) is 3.72. The molecule has 0 atom stereocenters. The fraction of sp³-hybridized carbons (Fsp3) is 0.417. The minimum Gasteiger partial charge on any atom is -0.490 e. The van der Waals surface area contributed by atoms with Crippen LogP contribution in [0.4, 0.5) is 0 Å². The monoisotopic (exact) mass is 238 g/mol. The minimum atomic E-state index is 0.128. The van der Waals surface area contributed by atoms with Gasteiger partial charge in [0.05, 0.1) is 19.0 Å². The average molecular weight is 238 g/mol. The summed E-state index contributed by atoms with van der Waals surface area (Å²) in [6.45, 7) is 1.32. The maximum atomic E-state index is 11.7. The lowest BCUT2D eigenvalue weighted by Gasteiger charge is -2.08. The predicted octanol–water partition coefficient (Wildman–Crippen LogP) is 2.39. The van der Waals surface area contributed by atoms with Gasteiger partial charge in [-0.2, -0.15) is 11.8 Å². The highest BCUT2D eigenvalue weighted by atomic mass is 32.2. The summed E-state index contributed by atoms with van der Waals surface area (Å²) in [7, 11) is 0. The van der Waals surface area contributed by atoms with Crippen LogP contribution >= 0.6 is 11.8 Å². The molecular formula is C12H14O3S. The third-order valence-corrected chi connectivity index (χ3v) is 2.90.